The first-order valence-electron chi connectivity index (χ1n) is 6.03. The van der Waals surface area contributed by atoms with Crippen LogP contribution in [0.4, 0.5) is 5.95 Å². The van der Waals surface area contributed by atoms with Gasteiger partial charge in [-0.3, -0.25) is 0 Å². The second-order valence-electron chi connectivity index (χ2n) is 4.97. The normalized spacial score (nSPS) is 28.2. The topological polar surface area (TPSA) is 41.9 Å². The Morgan fingerprint density at radius 1 is 0.824 bits per heavy atom. The first-order chi connectivity index (χ1) is 8.20. The minimum Gasteiger partial charge on any atom is -0.340 e. The highest BCUT2D eigenvalue weighted by Gasteiger charge is 2.30. The summed E-state index contributed by atoms with van der Waals surface area (Å²) in [6, 6.07) is 0. The van der Waals surface area contributed by atoms with Crippen LogP contribution in [0.3, 0.4) is 0 Å². The van der Waals surface area contributed by atoms with Gasteiger partial charge in [-0.25, -0.2) is 0 Å². The fourth-order valence-electron chi connectivity index (χ4n) is 2.92. The minimum atomic E-state index is 0.177. The van der Waals surface area contributed by atoms with Crippen molar-refractivity contribution in [3.8, 4) is 0 Å². The summed E-state index contributed by atoms with van der Waals surface area (Å²) in [4.78, 5) is 14.4. The summed E-state index contributed by atoms with van der Waals surface area (Å²) >= 11 is 11.7. The van der Waals surface area contributed by atoms with Crippen molar-refractivity contribution in [1.29, 1.82) is 0 Å². The molecule has 0 unspecified atom stereocenters. The van der Waals surface area contributed by atoms with Crippen LogP contribution in [0, 0.1) is 11.8 Å². The molecule has 4 nitrogen and oxygen atoms in total. The van der Waals surface area contributed by atoms with Gasteiger partial charge in [-0.15, -0.1) is 0 Å². The predicted molar refractivity (Wildman–Crippen MR) is 67.5 cm³/mol. The lowest BCUT2D eigenvalue weighted by Crippen LogP contribution is -2.30. The molecule has 1 saturated carbocycles. The zero-order valence-electron chi connectivity index (χ0n) is 9.44. The van der Waals surface area contributed by atoms with Gasteiger partial charge in [0.25, 0.3) is 0 Å². The largest absolute Gasteiger partial charge is 0.340 e. The van der Waals surface area contributed by atoms with Gasteiger partial charge >= 0.3 is 0 Å². The molecule has 3 heterocycles. The number of aromatic nitrogens is 3. The van der Waals surface area contributed by atoms with Gasteiger partial charge in [-0.05, 0) is 60.7 Å². The quantitative estimate of drug-likeness (QED) is 0.789. The Hall–Kier alpha value is -0.610. The first kappa shape index (κ1) is 11.5. The maximum absolute atomic E-state index is 5.83. The van der Waals surface area contributed by atoms with Gasteiger partial charge in [0.05, 0.1) is 0 Å². The lowest BCUT2D eigenvalue weighted by Gasteiger charge is -2.22. The Balaban J connectivity index is 1.88. The molecule has 3 fully saturated rings. The maximum atomic E-state index is 5.83. The van der Waals surface area contributed by atoms with E-state index in [1.165, 1.54) is 25.7 Å². The van der Waals surface area contributed by atoms with Crippen LogP contribution in [-0.2, 0) is 0 Å². The SMILES string of the molecule is Clc1nc(Cl)nc(N2CC3CCC(CC3)C2)n1. The smallest absolute Gasteiger partial charge is 0.230 e. The van der Waals surface area contributed by atoms with Crippen LogP contribution in [0.25, 0.3) is 0 Å². The molecule has 92 valence electrons. The molecule has 17 heavy (non-hydrogen) atoms. The second kappa shape index (κ2) is 4.58. The van der Waals surface area contributed by atoms with E-state index in [4.69, 9.17) is 23.2 Å². The highest BCUT2D eigenvalue weighted by molar-refractivity contribution is 6.31. The first-order valence-corrected chi connectivity index (χ1v) is 6.78. The number of hydrogen-bond donors (Lipinski definition) is 0. The number of nitrogens with zero attached hydrogens (tertiary/aromatic N) is 4. The summed E-state index contributed by atoms with van der Waals surface area (Å²) in [5, 5.41) is 0.355. The Morgan fingerprint density at radius 3 is 1.76 bits per heavy atom. The lowest BCUT2D eigenvalue weighted by atomic mass is 9.84. The molecule has 1 aromatic rings. The third-order valence-electron chi connectivity index (χ3n) is 3.78. The molecule has 4 rings (SSSR count). The fourth-order valence-corrected chi connectivity index (χ4v) is 3.27. The molecule has 0 aromatic carbocycles. The van der Waals surface area contributed by atoms with E-state index in [0.717, 1.165) is 24.9 Å². The molecule has 2 bridgehead atoms. The molecular weight excluding hydrogens is 259 g/mol. The standard InChI is InChI=1S/C11H14Cl2N4/c12-9-14-10(13)16-11(15-9)17-5-7-1-2-8(6-17)4-3-7/h7-8H,1-6H2. The van der Waals surface area contributed by atoms with Crippen LogP contribution >= 0.6 is 23.2 Å². The average molecular weight is 273 g/mol. The predicted octanol–water partition coefficient (Wildman–Crippen LogP) is 2.80. The Morgan fingerprint density at radius 2 is 1.29 bits per heavy atom. The van der Waals surface area contributed by atoms with E-state index >= 15 is 0 Å². The molecule has 0 atom stereocenters. The van der Waals surface area contributed by atoms with E-state index in [1.54, 1.807) is 0 Å². The van der Waals surface area contributed by atoms with Crippen molar-refractivity contribution in [2.75, 3.05) is 18.0 Å². The molecule has 0 spiro atoms. The van der Waals surface area contributed by atoms with Gasteiger partial charge < -0.3 is 4.90 Å². The number of anilines is 1. The third-order valence-corrected chi connectivity index (χ3v) is 4.11. The summed E-state index contributed by atoms with van der Waals surface area (Å²) in [5.74, 6) is 2.17. The van der Waals surface area contributed by atoms with E-state index in [2.05, 4.69) is 19.9 Å². The lowest BCUT2D eigenvalue weighted by molar-refractivity contribution is 0.326. The molecule has 0 radical (unpaired) electrons. The van der Waals surface area contributed by atoms with E-state index in [-0.39, 0.29) is 10.6 Å². The minimum absolute atomic E-state index is 0.177. The van der Waals surface area contributed by atoms with Crippen molar-refractivity contribution in [2.45, 2.75) is 25.7 Å². The maximum Gasteiger partial charge on any atom is 0.230 e. The van der Waals surface area contributed by atoms with Gasteiger partial charge in [0.1, 0.15) is 0 Å². The van der Waals surface area contributed by atoms with Crippen LogP contribution in [0.2, 0.25) is 10.6 Å². The molecule has 2 aliphatic heterocycles. The molecule has 1 aromatic heterocycles. The van der Waals surface area contributed by atoms with E-state index < -0.39 is 0 Å². The Labute approximate surface area is 110 Å². The average Bonchev–Trinajstić information content (AvgIpc) is 2.60. The summed E-state index contributed by atoms with van der Waals surface area (Å²) in [6.45, 7) is 2.04. The van der Waals surface area contributed by atoms with Crippen molar-refractivity contribution >= 4 is 29.2 Å². The van der Waals surface area contributed by atoms with Crippen LogP contribution in [-0.4, -0.2) is 28.0 Å². The third kappa shape index (κ3) is 2.47. The van der Waals surface area contributed by atoms with Crippen molar-refractivity contribution < 1.29 is 0 Å². The van der Waals surface area contributed by atoms with Gasteiger partial charge in [0.15, 0.2) is 0 Å². The monoisotopic (exact) mass is 272 g/mol. The molecule has 6 heteroatoms. The summed E-state index contributed by atoms with van der Waals surface area (Å²) in [7, 11) is 0. The molecule has 1 aliphatic carbocycles. The summed E-state index contributed by atoms with van der Waals surface area (Å²) in [5.41, 5.74) is 0. The zero-order valence-corrected chi connectivity index (χ0v) is 11.0. The fraction of sp³-hybridized carbons (Fsp3) is 0.727. The summed E-state index contributed by atoms with van der Waals surface area (Å²) in [6.07, 6.45) is 5.31. The van der Waals surface area contributed by atoms with Crippen LogP contribution < -0.4 is 4.90 Å². The van der Waals surface area contributed by atoms with Crippen LogP contribution in [0.5, 0.6) is 0 Å². The number of rotatable bonds is 1. The van der Waals surface area contributed by atoms with Crippen LogP contribution in [0.15, 0.2) is 0 Å². The van der Waals surface area contributed by atoms with Gasteiger partial charge in [0, 0.05) is 13.1 Å². The van der Waals surface area contributed by atoms with Gasteiger partial charge in [-0.1, -0.05) is 0 Å². The van der Waals surface area contributed by atoms with E-state index in [0.29, 0.717) is 5.95 Å². The Bertz CT molecular complexity index is 384. The van der Waals surface area contributed by atoms with Gasteiger partial charge in [-0.2, -0.15) is 15.0 Å². The molecule has 2 saturated heterocycles. The number of fused-ring (bicyclic) bond motifs is 4. The summed E-state index contributed by atoms with van der Waals surface area (Å²) < 4.78 is 0. The molecule has 0 amide bonds. The molecule has 3 aliphatic rings. The van der Waals surface area contributed by atoms with Crippen LogP contribution in [0.1, 0.15) is 25.7 Å². The number of halogens is 2. The highest BCUT2D eigenvalue weighted by Crippen LogP contribution is 2.35. The van der Waals surface area contributed by atoms with Gasteiger partial charge in [0.2, 0.25) is 16.5 Å². The van der Waals surface area contributed by atoms with Crippen molar-refractivity contribution in [3.63, 3.8) is 0 Å². The number of hydrogen-bond acceptors (Lipinski definition) is 4. The zero-order chi connectivity index (χ0) is 11.8. The highest BCUT2D eigenvalue weighted by atomic mass is 35.5. The molecule has 0 N–H and O–H groups in total. The van der Waals surface area contributed by atoms with E-state index in [9.17, 15) is 0 Å². The molecular formula is C11H14Cl2N4. The second-order valence-corrected chi connectivity index (χ2v) is 5.64. The Kier molecular flexibility index (Phi) is 3.09. The van der Waals surface area contributed by atoms with Crippen molar-refractivity contribution in [1.82, 2.24) is 15.0 Å². The van der Waals surface area contributed by atoms with Crippen molar-refractivity contribution in [3.05, 3.63) is 10.6 Å². The van der Waals surface area contributed by atoms with E-state index in [1.807, 2.05) is 0 Å². The van der Waals surface area contributed by atoms with Crippen molar-refractivity contribution in [2.24, 2.45) is 11.8 Å².